The number of carbonyl (C=O) groups is 1. The second-order valence-electron chi connectivity index (χ2n) is 7.97. The molecule has 0 unspecified atom stereocenters. The fourth-order valence-electron chi connectivity index (χ4n) is 3.04. The monoisotopic (exact) mass is 386 g/mol. The molecule has 0 saturated heterocycles. The van der Waals surface area contributed by atoms with Gasteiger partial charge in [-0.3, -0.25) is 4.79 Å². The van der Waals surface area contributed by atoms with Gasteiger partial charge >= 0.3 is 0 Å². The molecule has 1 heterocycles. The first-order valence-corrected chi connectivity index (χ1v) is 9.39. The quantitative estimate of drug-likeness (QED) is 0.536. The van der Waals surface area contributed by atoms with E-state index in [0.717, 1.165) is 11.3 Å². The van der Waals surface area contributed by atoms with E-state index < -0.39 is 0 Å². The Bertz CT molecular complexity index is 1190. The molecule has 6 heteroatoms. The van der Waals surface area contributed by atoms with Crippen LogP contribution in [0.25, 0.3) is 16.7 Å². The van der Waals surface area contributed by atoms with Crippen LogP contribution in [0.1, 0.15) is 36.7 Å². The Balaban J connectivity index is 1.68. The van der Waals surface area contributed by atoms with Crippen molar-refractivity contribution in [2.24, 2.45) is 0 Å². The number of amides is 1. The number of nitrogens with zero attached hydrogens (tertiary/aromatic N) is 3. The van der Waals surface area contributed by atoms with Gasteiger partial charge < -0.3 is 10.4 Å². The summed E-state index contributed by atoms with van der Waals surface area (Å²) in [5.41, 5.74) is 3.93. The molecule has 29 heavy (non-hydrogen) atoms. The average molecular weight is 386 g/mol. The summed E-state index contributed by atoms with van der Waals surface area (Å²) in [7, 11) is 0. The van der Waals surface area contributed by atoms with Gasteiger partial charge in [-0.1, -0.05) is 45.0 Å². The highest BCUT2D eigenvalue weighted by molar-refractivity contribution is 6.05. The van der Waals surface area contributed by atoms with E-state index >= 15 is 0 Å². The van der Waals surface area contributed by atoms with E-state index in [4.69, 9.17) is 0 Å². The number of nitrogens with one attached hydrogen (secondary N) is 1. The zero-order valence-corrected chi connectivity index (χ0v) is 16.5. The minimum absolute atomic E-state index is 0.0717. The predicted octanol–water partition coefficient (Wildman–Crippen LogP) is 4.68. The van der Waals surface area contributed by atoms with Gasteiger partial charge in [0.1, 0.15) is 22.5 Å². The largest absolute Gasteiger partial charge is 0.506 e. The summed E-state index contributed by atoms with van der Waals surface area (Å²) in [6.07, 6.45) is 0. The minimum Gasteiger partial charge on any atom is -0.506 e. The van der Waals surface area contributed by atoms with E-state index in [1.54, 1.807) is 24.3 Å². The normalized spacial score (nSPS) is 11.6. The molecule has 0 spiro atoms. The molecule has 2 N–H and O–H groups in total. The Hall–Kier alpha value is -3.67. The van der Waals surface area contributed by atoms with Crippen molar-refractivity contribution in [3.63, 3.8) is 0 Å². The number of carbonyl (C=O) groups excluding carboxylic acids is 1. The molecule has 6 nitrogen and oxygen atoms in total. The summed E-state index contributed by atoms with van der Waals surface area (Å²) in [4.78, 5) is 13.9. The van der Waals surface area contributed by atoms with E-state index in [-0.39, 0.29) is 17.1 Å². The highest BCUT2D eigenvalue weighted by Crippen LogP contribution is 2.29. The molecule has 0 radical (unpaired) electrons. The molecule has 0 aliphatic rings. The SMILES string of the molecule is CC(C)(C)c1ccc(O)c(-n2nc3ccc(C(=O)Nc4ccccc4)cc3n2)c1. The van der Waals surface area contributed by atoms with Crippen molar-refractivity contribution < 1.29 is 9.90 Å². The Labute approximate surface area is 168 Å². The summed E-state index contributed by atoms with van der Waals surface area (Å²) in [5, 5.41) is 22.1. The van der Waals surface area contributed by atoms with Crippen LogP contribution in [0.15, 0.2) is 66.7 Å². The van der Waals surface area contributed by atoms with Crippen molar-refractivity contribution in [2.75, 3.05) is 5.32 Å². The lowest BCUT2D eigenvalue weighted by Crippen LogP contribution is -2.12. The van der Waals surface area contributed by atoms with Crippen LogP contribution in [0.3, 0.4) is 0 Å². The molecule has 4 aromatic rings. The van der Waals surface area contributed by atoms with Crippen LogP contribution in [-0.4, -0.2) is 26.0 Å². The van der Waals surface area contributed by atoms with Gasteiger partial charge in [-0.15, -0.1) is 15.0 Å². The number of hydrogen-bond acceptors (Lipinski definition) is 4. The number of anilines is 1. The molecule has 0 aliphatic carbocycles. The van der Waals surface area contributed by atoms with Gasteiger partial charge in [-0.2, -0.15) is 0 Å². The van der Waals surface area contributed by atoms with Crippen molar-refractivity contribution in [3.05, 3.63) is 77.9 Å². The number of benzene rings is 3. The smallest absolute Gasteiger partial charge is 0.255 e. The zero-order valence-electron chi connectivity index (χ0n) is 16.5. The number of rotatable bonds is 3. The second-order valence-corrected chi connectivity index (χ2v) is 7.97. The van der Waals surface area contributed by atoms with Crippen molar-refractivity contribution >= 4 is 22.6 Å². The van der Waals surface area contributed by atoms with Gasteiger partial charge in [0.2, 0.25) is 0 Å². The summed E-state index contributed by atoms with van der Waals surface area (Å²) < 4.78 is 0. The molecule has 3 aromatic carbocycles. The predicted molar refractivity (Wildman–Crippen MR) is 114 cm³/mol. The molecule has 4 rings (SSSR count). The van der Waals surface area contributed by atoms with Gasteiger partial charge in [0.05, 0.1) is 0 Å². The molecule has 1 aromatic heterocycles. The van der Waals surface area contributed by atoms with Crippen LogP contribution in [0.2, 0.25) is 0 Å². The van der Waals surface area contributed by atoms with Crippen molar-refractivity contribution in [3.8, 4) is 11.4 Å². The third-order valence-electron chi connectivity index (χ3n) is 4.73. The fraction of sp³-hybridized carbons (Fsp3) is 0.174. The standard InChI is InChI=1S/C23H22N4O2/c1-23(2,3)16-10-12-21(28)20(14-16)27-25-18-11-9-15(13-19(18)26-27)22(29)24-17-7-5-4-6-8-17/h4-14,28H,1-3H3,(H,24,29). The van der Waals surface area contributed by atoms with Crippen LogP contribution < -0.4 is 5.32 Å². The molecule has 0 atom stereocenters. The van der Waals surface area contributed by atoms with Crippen LogP contribution in [-0.2, 0) is 5.41 Å². The minimum atomic E-state index is -0.217. The van der Waals surface area contributed by atoms with E-state index in [0.29, 0.717) is 22.3 Å². The Morgan fingerprint density at radius 3 is 2.38 bits per heavy atom. The third kappa shape index (κ3) is 3.82. The van der Waals surface area contributed by atoms with Gasteiger partial charge in [0.15, 0.2) is 0 Å². The lowest BCUT2D eigenvalue weighted by atomic mass is 9.87. The molecular formula is C23H22N4O2. The maximum atomic E-state index is 12.5. The van der Waals surface area contributed by atoms with Gasteiger partial charge in [0, 0.05) is 11.3 Å². The van der Waals surface area contributed by atoms with Gasteiger partial charge in [-0.05, 0) is 53.4 Å². The van der Waals surface area contributed by atoms with Crippen molar-refractivity contribution in [2.45, 2.75) is 26.2 Å². The average Bonchev–Trinajstić information content (AvgIpc) is 3.11. The Kier molecular flexibility index (Phi) is 4.54. The molecule has 0 saturated carbocycles. The molecule has 146 valence electrons. The van der Waals surface area contributed by atoms with E-state index in [1.807, 2.05) is 42.5 Å². The van der Waals surface area contributed by atoms with Crippen LogP contribution >= 0.6 is 0 Å². The zero-order chi connectivity index (χ0) is 20.6. The first-order chi connectivity index (χ1) is 13.8. The Morgan fingerprint density at radius 2 is 1.66 bits per heavy atom. The molecular weight excluding hydrogens is 364 g/mol. The lowest BCUT2D eigenvalue weighted by molar-refractivity contribution is 0.102. The van der Waals surface area contributed by atoms with Gasteiger partial charge in [0.25, 0.3) is 5.91 Å². The van der Waals surface area contributed by atoms with Crippen molar-refractivity contribution in [1.29, 1.82) is 0 Å². The number of aromatic nitrogens is 3. The summed E-state index contributed by atoms with van der Waals surface area (Å²) in [6.45, 7) is 6.31. The fourth-order valence-corrected chi connectivity index (χ4v) is 3.04. The first kappa shape index (κ1) is 18.7. The topological polar surface area (TPSA) is 80.0 Å². The highest BCUT2D eigenvalue weighted by atomic mass is 16.3. The summed E-state index contributed by atoms with van der Waals surface area (Å²) in [5.74, 6) is -0.120. The number of phenolic OH excluding ortho intramolecular Hbond substituents is 1. The number of phenols is 1. The number of para-hydroxylation sites is 1. The maximum Gasteiger partial charge on any atom is 0.255 e. The Morgan fingerprint density at radius 1 is 0.931 bits per heavy atom. The number of hydrogen-bond donors (Lipinski definition) is 2. The van der Waals surface area contributed by atoms with Crippen LogP contribution in [0.4, 0.5) is 5.69 Å². The van der Waals surface area contributed by atoms with Crippen LogP contribution in [0, 0.1) is 0 Å². The first-order valence-electron chi connectivity index (χ1n) is 9.39. The molecule has 0 fully saturated rings. The van der Waals surface area contributed by atoms with E-state index in [9.17, 15) is 9.90 Å². The number of fused-ring (bicyclic) bond motifs is 1. The maximum absolute atomic E-state index is 12.5. The summed E-state index contributed by atoms with van der Waals surface area (Å²) in [6, 6.07) is 19.9. The summed E-state index contributed by atoms with van der Waals surface area (Å²) >= 11 is 0. The van der Waals surface area contributed by atoms with Crippen LogP contribution in [0.5, 0.6) is 5.75 Å². The molecule has 0 aliphatic heterocycles. The lowest BCUT2D eigenvalue weighted by Gasteiger charge is -2.19. The van der Waals surface area contributed by atoms with E-state index in [2.05, 4.69) is 36.3 Å². The highest BCUT2D eigenvalue weighted by Gasteiger charge is 2.18. The number of aromatic hydroxyl groups is 1. The molecule has 1 amide bonds. The molecule has 0 bridgehead atoms. The second kappa shape index (κ2) is 7.05. The van der Waals surface area contributed by atoms with Gasteiger partial charge in [-0.25, -0.2) is 0 Å². The van der Waals surface area contributed by atoms with Crippen molar-refractivity contribution in [1.82, 2.24) is 15.0 Å². The third-order valence-corrected chi connectivity index (χ3v) is 4.73. The van der Waals surface area contributed by atoms with E-state index in [1.165, 1.54) is 4.80 Å².